The lowest BCUT2D eigenvalue weighted by atomic mass is 9.82. The van der Waals surface area contributed by atoms with Crippen LogP contribution in [-0.4, -0.2) is 83.1 Å². The summed E-state index contributed by atoms with van der Waals surface area (Å²) in [6.45, 7) is 4.69. The van der Waals surface area contributed by atoms with E-state index in [2.05, 4.69) is 30.8 Å². The number of amides is 2. The lowest BCUT2D eigenvalue weighted by Gasteiger charge is -2.43. The van der Waals surface area contributed by atoms with Gasteiger partial charge in [0.1, 0.15) is 0 Å². The van der Waals surface area contributed by atoms with Gasteiger partial charge in [-0.25, -0.2) is 9.97 Å². The van der Waals surface area contributed by atoms with Gasteiger partial charge in [-0.1, -0.05) is 12.8 Å². The number of carbonyl (C=O) groups is 2. The van der Waals surface area contributed by atoms with Crippen LogP contribution in [0.5, 0.6) is 0 Å². The summed E-state index contributed by atoms with van der Waals surface area (Å²) in [5.41, 5.74) is 0. The minimum Gasteiger partial charge on any atom is -0.354 e. The highest BCUT2D eigenvalue weighted by atomic mass is 16.2. The number of anilines is 1. The fraction of sp³-hybridized carbons (Fsp3) is 0.714. The molecule has 3 atom stereocenters. The van der Waals surface area contributed by atoms with Gasteiger partial charge in [-0.05, 0) is 25.3 Å². The highest BCUT2D eigenvalue weighted by Gasteiger charge is 2.37. The largest absolute Gasteiger partial charge is 0.354 e. The van der Waals surface area contributed by atoms with E-state index >= 15 is 0 Å². The van der Waals surface area contributed by atoms with Crippen molar-refractivity contribution in [2.75, 3.05) is 44.6 Å². The van der Waals surface area contributed by atoms with Crippen LogP contribution >= 0.6 is 0 Å². The van der Waals surface area contributed by atoms with Gasteiger partial charge < -0.3 is 15.5 Å². The third-order valence-corrected chi connectivity index (χ3v) is 6.42. The van der Waals surface area contributed by atoms with Crippen molar-refractivity contribution in [3.05, 3.63) is 18.5 Å². The topological polar surface area (TPSA) is 102 Å². The van der Waals surface area contributed by atoms with Crippen LogP contribution < -0.4 is 16.0 Å². The third kappa shape index (κ3) is 5.46. The molecule has 9 heteroatoms. The number of rotatable bonds is 7. The number of nitrogens with one attached hydrogen (secondary N) is 3. The van der Waals surface area contributed by atoms with Crippen LogP contribution in [-0.2, 0) is 9.59 Å². The summed E-state index contributed by atoms with van der Waals surface area (Å²) in [6.07, 6.45) is 9.18. The van der Waals surface area contributed by atoms with Crippen LogP contribution in [0.3, 0.4) is 0 Å². The predicted molar refractivity (Wildman–Crippen MR) is 114 cm³/mol. The van der Waals surface area contributed by atoms with Crippen LogP contribution in [0.15, 0.2) is 18.5 Å². The van der Waals surface area contributed by atoms with E-state index in [4.69, 9.17) is 0 Å². The number of piperazine rings is 1. The molecule has 3 aliphatic rings. The molecule has 0 spiro atoms. The van der Waals surface area contributed by atoms with E-state index in [1.165, 1.54) is 6.42 Å². The molecule has 9 nitrogen and oxygen atoms in total. The average molecular weight is 416 g/mol. The van der Waals surface area contributed by atoms with E-state index in [-0.39, 0.29) is 23.9 Å². The van der Waals surface area contributed by atoms with Crippen molar-refractivity contribution in [3.63, 3.8) is 0 Å². The van der Waals surface area contributed by atoms with Gasteiger partial charge in [0, 0.05) is 64.1 Å². The second-order valence-corrected chi connectivity index (χ2v) is 8.51. The summed E-state index contributed by atoms with van der Waals surface area (Å²) in [5.74, 6) is 1.17. The van der Waals surface area contributed by atoms with E-state index in [9.17, 15) is 9.59 Å². The van der Waals surface area contributed by atoms with Gasteiger partial charge in [0.05, 0.1) is 12.1 Å². The number of hydrogen-bond donors (Lipinski definition) is 3. The summed E-state index contributed by atoms with van der Waals surface area (Å²) in [6, 6.07) is 2.11. The maximum Gasteiger partial charge on any atom is 0.225 e. The third-order valence-electron chi connectivity index (χ3n) is 6.42. The quantitative estimate of drug-likeness (QED) is 0.555. The van der Waals surface area contributed by atoms with E-state index in [1.807, 2.05) is 4.90 Å². The smallest absolute Gasteiger partial charge is 0.225 e. The monoisotopic (exact) mass is 415 g/mol. The molecule has 2 saturated heterocycles. The van der Waals surface area contributed by atoms with E-state index < -0.39 is 0 Å². The Balaban J connectivity index is 1.13. The van der Waals surface area contributed by atoms with E-state index in [0.717, 1.165) is 58.4 Å². The van der Waals surface area contributed by atoms with E-state index in [0.29, 0.717) is 25.0 Å². The van der Waals surface area contributed by atoms with Crippen LogP contribution in [0.25, 0.3) is 0 Å². The van der Waals surface area contributed by atoms with Crippen molar-refractivity contribution >= 4 is 17.8 Å². The van der Waals surface area contributed by atoms with Gasteiger partial charge in [-0.3, -0.25) is 19.8 Å². The second kappa shape index (κ2) is 10.2. The molecule has 4 rings (SSSR count). The maximum absolute atomic E-state index is 12.5. The average Bonchev–Trinajstić information content (AvgIpc) is 2.78. The Morgan fingerprint density at radius 3 is 2.70 bits per heavy atom. The summed E-state index contributed by atoms with van der Waals surface area (Å²) >= 11 is 0. The minimum absolute atomic E-state index is 0.0189. The van der Waals surface area contributed by atoms with E-state index in [1.54, 1.807) is 18.5 Å². The lowest BCUT2D eigenvalue weighted by Crippen LogP contribution is -2.65. The Kier molecular flexibility index (Phi) is 7.11. The van der Waals surface area contributed by atoms with Crippen molar-refractivity contribution in [2.24, 2.45) is 5.92 Å². The Labute approximate surface area is 178 Å². The first kappa shape index (κ1) is 21.0. The Morgan fingerprint density at radius 2 is 1.90 bits per heavy atom. The van der Waals surface area contributed by atoms with Crippen LogP contribution in [0.4, 0.5) is 5.95 Å². The molecule has 0 bridgehead atoms. The first-order chi connectivity index (χ1) is 14.7. The zero-order chi connectivity index (χ0) is 20.8. The number of hydrogen-bond acceptors (Lipinski definition) is 7. The summed E-state index contributed by atoms with van der Waals surface area (Å²) in [7, 11) is 0. The molecular weight excluding hydrogens is 382 g/mol. The molecule has 2 aliphatic heterocycles. The van der Waals surface area contributed by atoms with Gasteiger partial charge >= 0.3 is 0 Å². The minimum atomic E-state index is 0.0189. The van der Waals surface area contributed by atoms with Crippen LogP contribution in [0, 0.1) is 5.92 Å². The Hall–Kier alpha value is -2.26. The SMILES string of the molecule is O=C1NC(CN2CCN(C(=O)CCCNc3ncccn3)CC2)NC2CCCCC12. The molecule has 30 heavy (non-hydrogen) atoms. The first-order valence-electron chi connectivity index (χ1n) is 11.3. The second-order valence-electron chi connectivity index (χ2n) is 8.51. The zero-order valence-corrected chi connectivity index (χ0v) is 17.6. The fourth-order valence-electron chi connectivity index (χ4n) is 4.75. The van der Waals surface area contributed by atoms with Crippen LogP contribution in [0.1, 0.15) is 38.5 Å². The molecule has 3 N–H and O–H groups in total. The molecule has 3 heterocycles. The molecule has 1 aromatic rings. The molecule has 0 radical (unpaired) electrons. The number of carbonyl (C=O) groups excluding carboxylic acids is 2. The molecule has 1 aromatic heterocycles. The lowest BCUT2D eigenvalue weighted by molar-refractivity contribution is -0.133. The Morgan fingerprint density at radius 1 is 1.13 bits per heavy atom. The number of fused-ring (bicyclic) bond motifs is 1. The highest BCUT2D eigenvalue weighted by Crippen LogP contribution is 2.27. The summed E-state index contributed by atoms with van der Waals surface area (Å²) in [4.78, 5) is 37.4. The van der Waals surface area contributed by atoms with Crippen molar-refractivity contribution in [1.29, 1.82) is 0 Å². The van der Waals surface area contributed by atoms with Gasteiger partial charge in [0.15, 0.2) is 0 Å². The number of aromatic nitrogens is 2. The van der Waals surface area contributed by atoms with Gasteiger partial charge in [0.2, 0.25) is 17.8 Å². The van der Waals surface area contributed by atoms with Gasteiger partial charge in [0.25, 0.3) is 0 Å². The van der Waals surface area contributed by atoms with Crippen molar-refractivity contribution in [1.82, 2.24) is 30.4 Å². The van der Waals surface area contributed by atoms with Crippen molar-refractivity contribution in [2.45, 2.75) is 50.7 Å². The molecule has 3 fully saturated rings. The van der Waals surface area contributed by atoms with Gasteiger partial charge in [-0.15, -0.1) is 0 Å². The van der Waals surface area contributed by atoms with Crippen molar-refractivity contribution in [3.8, 4) is 0 Å². The highest BCUT2D eigenvalue weighted by molar-refractivity contribution is 5.80. The molecule has 164 valence electrons. The number of nitrogens with zero attached hydrogens (tertiary/aromatic N) is 4. The molecule has 0 aromatic carbocycles. The molecule has 2 amide bonds. The molecular formula is C21H33N7O2. The normalized spacial score (nSPS) is 27.3. The zero-order valence-electron chi connectivity index (χ0n) is 17.6. The Bertz CT molecular complexity index is 709. The van der Waals surface area contributed by atoms with Gasteiger partial charge in [-0.2, -0.15) is 0 Å². The van der Waals surface area contributed by atoms with Crippen LogP contribution in [0.2, 0.25) is 0 Å². The molecule has 1 saturated carbocycles. The molecule has 3 unspecified atom stereocenters. The maximum atomic E-state index is 12.5. The summed E-state index contributed by atoms with van der Waals surface area (Å²) < 4.78 is 0. The predicted octanol–water partition coefficient (Wildman–Crippen LogP) is 0.417. The summed E-state index contributed by atoms with van der Waals surface area (Å²) in [5, 5.41) is 9.93. The fourth-order valence-corrected chi connectivity index (χ4v) is 4.75. The molecule has 1 aliphatic carbocycles. The first-order valence-corrected chi connectivity index (χ1v) is 11.3. The van der Waals surface area contributed by atoms with Crippen molar-refractivity contribution < 1.29 is 9.59 Å². The standard InChI is InChI=1S/C21H33N7O2/c29-19(7-3-8-22-21-23-9-4-10-24-21)28-13-11-27(12-14-28)15-18-25-17-6-2-1-5-16(17)20(30)26-18/h4,9-10,16-18,25H,1-3,5-8,11-15H2,(H,26,30)(H,22,23,24).